The van der Waals surface area contributed by atoms with Gasteiger partial charge in [0.05, 0.1) is 11.5 Å². The van der Waals surface area contributed by atoms with Gasteiger partial charge < -0.3 is 25.2 Å². The maximum atomic E-state index is 12.5. The van der Waals surface area contributed by atoms with Crippen molar-refractivity contribution in [2.45, 2.75) is 38.4 Å². The largest absolute Gasteiger partial charge is 0.459 e. The Labute approximate surface area is 174 Å². The third kappa shape index (κ3) is 6.67. The minimum atomic E-state index is -0.507. The monoisotopic (exact) mass is 420 g/mol. The highest BCUT2D eigenvalue weighted by Crippen LogP contribution is 2.42. The van der Waals surface area contributed by atoms with E-state index in [4.69, 9.17) is 14.6 Å². The van der Waals surface area contributed by atoms with Crippen LogP contribution in [0.3, 0.4) is 0 Å². The molecule has 1 amide bonds. The average Bonchev–Trinajstić information content (AvgIpc) is 3.60. The van der Waals surface area contributed by atoms with Crippen LogP contribution < -0.4 is 10.6 Å². The fraction of sp³-hybridized carbons (Fsp3) is 0.600. The van der Waals surface area contributed by atoms with Crippen molar-refractivity contribution in [3.8, 4) is 0 Å². The van der Waals surface area contributed by atoms with E-state index in [1.165, 1.54) is 31.2 Å². The van der Waals surface area contributed by atoms with Crippen molar-refractivity contribution >= 4 is 17.4 Å². The van der Waals surface area contributed by atoms with E-state index >= 15 is 0 Å². The van der Waals surface area contributed by atoms with E-state index in [9.17, 15) is 14.9 Å². The van der Waals surface area contributed by atoms with E-state index in [1.54, 1.807) is 0 Å². The standard InChI is InChI=1S/C20H28N4O6/c25-9-1-2-10-29-19-12-15(14-3-4-14)11-17(30-19)20(26)22-8-7-21-18-6-5-16(13-23-18)24(27)28/h5-6,11,13-15,19,25H,1-4,7-10,12H2,(H,21,23)(H,22,26)/t15-,19+/m1/s1. The summed E-state index contributed by atoms with van der Waals surface area (Å²) in [5.41, 5.74) is -0.0754. The molecule has 1 aromatic rings. The number of aliphatic hydroxyl groups is 1. The molecule has 1 aliphatic heterocycles. The van der Waals surface area contributed by atoms with Crippen LogP contribution in [0.1, 0.15) is 32.1 Å². The third-order valence-electron chi connectivity index (χ3n) is 5.07. The highest BCUT2D eigenvalue weighted by molar-refractivity contribution is 5.91. The Bertz CT molecular complexity index is 750. The number of rotatable bonds is 12. The fourth-order valence-corrected chi connectivity index (χ4v) is 3.28. The zero-order valence-corrected chi connectivity index (χ0v) is 16.8. The molecule has 0 unspecified atom stereocenters. The lowest BCUT2D eigenvalue weighted by Gasteiger charge is -2.29. The number of carbonyl (C=O) groups excluding carboxylic acids is 1. The topological polar surface area (TPSA) is 136 Å². The summed E-state index contributed by atoms with van der Waals surface area (Å²) in [6.45, 7) is 1.38. The molecule has 10 heteroatoms. The maximum absolute atomic E-state index is 12.5. The predicted octanol–water partition coefficient (Wildman–Crippen LogP) is 1.96. The second-order valence-corrected chi connectivity index (χ2v) is 7.46. The van der Waals surface area contributed by atoms with Gasteiger partial charge >= 0.3 is 0 Å². The van der Waals surface area contributed by atoms with Crippen molar-refractivity contribution in [3.63, 3.8) is 0 Å². The van der Waals surface area contributed by atoms with E-state index < -0.39 is 11.2 Å². The van der Waals surface area contributed by atoms with Crippen molar-refractivity contribution in [3.05, 3.63) is 40.3 Å². The summed E-state index contributed by atoms with van der Waals surface area (Å²) >= 11 is 0. The summed E-state index contributed by atoms with van der Waals surface area (Å²) in [6.07, 6.45) is 7.15. The van der Waals surface area contributed by atoms with Gasteiger partial charge in [0.1, 0.15) is 12.0 Å². The third-order valence-corrected chi connectivity index (χ3v) is 5.07. The molecule has 1 aromatic heterocycles. The first-order chi connectivity index (χ1) is 14.6. The summed E-state index contributed by atoms with van der Waals surface area (Å²) in [4.78, 5) is 26.6. The summed E-state index contributed by atoms with van der Waals surface area (Å²) in [6, 6.07) is 2.89. The summed E-state index contributed by atoms with van der Waals surface area (Å²) in [5.74, 6) is 1.37. The van der Waals surface area contributed by atoms with E-state index in [2.05, 4.69) is 15.6 Å². The number of nitrogens with one attached hydrogen (secondary N) is 2. The summed E-state index contributed by atoms with van der Waals surface area (Å²) < 4.78 is 11.5. The Morgan fingerprint density at radius 2 is 2.17 bits per heavy atom. The van der Waals surface area contributed by atoms with Crippen LogP contribution >= 0.6 is 0 Å². The Balaban J connectivity index is 1.44. The summed E-state index contributed by atoms with van der Waals surface area (Å²) in [7, 11) is 0. The first-order valence-electron chi connectivity index (χ1n) is 10.3. The van der Waals surface area contributed by atoms with E-state index in [1.807, 2.05) is 6.08 Å². The Morgan fingerprint density at radius 1 is 1.33 bits per heavy atom. The van der Waals surface area contributed by atoms with Gasteiger partial charge in [0, 0.05) is 32.2 Å². The van der Waals surface area contributed by atoms with Gasteiger partial charge in [-0.1, -0.05) is 0 Å². The number of amides is 1. The highest BCUT2D eigenvalue weighted by Gasteiger charge is 2.37. The first-order valence-corrected chi connectivity index (χ1v) is 10.3. The van der Waals surface area contributed by atoms with Crippen molar-refractivity contribution in [2.24, 2.45) is 11.8 Å². The molecule has 0 bridgehead atoms. The van der Waals surface area contributed by atoms with Crippen molar-refractivity contribution in [2.75, 3.05) is 31.6 Å². The molecule has 30 heavy (non-hydrogen) atoms. The molecule has 2 heterocycles. The molecule has 2 atom stereocenters. The number of unbranched alkanes of at least 4 members (excludes halogenated alkanes) is 1. The molecule has 3 N–H and O–H groups in total. The number of aliphatic hydroxyl groups excluding tert-OH is 1. The molecular formula is C20H28N4O6. The lowest BCUT2D eigenvalue weighted by atomic mass is 9.96. The van der Waals surface area contributed by atoms with Crippen LogP contribution in [0.15, 0.2) is 30.2 Å². The Morgan fingerprint density at radius 3 is 2.83 bits per heavy atom. The number of nitrogens with zero attached hydrogens (tertiary/aromatic N) is 2. The number of hydrogen-bond acceptors (Lipinski definition) is 8. The van der Waals surface area contributed by atoms with Gasteiger partial charge in [-0.05, 0) is 49.7 Å². The number of aromatic nitrogens is 1. The van der Waals surface area contributed by atoms with Gasteiger partial charge in [0.2, 0.25) is 6.29 Å². The smallest absolute Gasteiger partial charge is 0.287 e. The van der Waals surface area contributed by atoms with E-state index in [0.717, 1.165) is 12.8 Å². The lowest BCUT2D eigenvalue weighted by molar-refractivity contribution is -0.385. The van der Waals surface area contributed by atoms with Crippen LogP contribution in [0.5, 0.6) is 0 Å². The number of hydrogen-bond donors (Lipinski definition) is 3. The van der Waals surface area contributed by atoms with E-state index in [-0.39, 0.29) is 24.1 Å². The first kappa shape index (κ1) is 22.0. The molecule has 0 spiro atoms. The molecule has 164 valence electrons. The second kappa shape index (κ2) is 10.9. The van der Waals surface area contributed by atoms with Crippen molar-refractivity contribution in [1.82, 2.24) is 10.3 Å². The number of carbonyl (C=O) groups is 1. The molecule has 1 aliphatic carbocycles. The van der Waals surface area contributed by atoms with Crippen molar-refractivity contribution < 1.29 is 24.3 Å². The highest BCUT2D eigenvalue weighted by atomic mass is 16.7. The molecule has 2 aliphatic rings. The summed E-state index contributed by atoms with van der Waals surface area (Å²) in [5, 5.41) is 25.3. The molecule has 10 nitrogen and oxygen atoms in total. The van der Waals surface area contributed by atoms with E-state index in [0.29, 0.717) is 43.6 Å². The second-order valence-electron chi connectivity index (χ2n) is 7.46. The fourth-order valence-electron chi connectivity index (χ4n) is 3.28. The number of anilines is 1. The molecule has 0 radical (unpaired) electrons. The molecular weight excluding hydrogens is 392 g/mol. The van der Waals surface area contributed by atoms with Gasteiger partial charge in [-0.3, -0.25) is 14.9 Å². The maximum Gasteiger partial charge on any atom is 0.287 e. The van der Waals surface area contributed by atoms with Crippen molar-refractivity contribution in [1.29, 1.82) is 0 Å². The van der Waals surface area contributed by atoms with Crippen LogP contribution in [0.2, 0.25) is 0 Å². The molecule has 1 fully saturated rings. The van der Waals surface area contributed by atoms with Gasteiger partial charge in [-0.2, -0.15) is 0 Å². The zero-order chi connectivity index (χ0) is 21.3. The molecule has 1 saturated carbocycles. The molecule has 0 aromatic carbocycles. The number of nitro groups is 1. The normalized spacial score (nSPS) is 20.8. The average molecular weight is 420 g/mol. The van der Waals surface area contributed by atoms with Gasteiger partial charge in [-0.25, -0.2) is 4.98 Å². The number of pyridine rings is 1. The van der Waals surface area contributed by atoms with Gasteiger partial charge in [-0.15, -0.1) is 0 Å². The molecule has 3 rings (SSSR count). The van der Waals surface area contributed by atoms with Crippen LogP contribution in [-0.2, 0) is 14.3 Å². The lowest BCUT2D eigenvalue weighted by Crippen LogP contribution is -2.35. The van der Waals surface area contributed by atoms with Crippen LogP contribution in [0, 0.1) is 22.0 Å². The predicted molar refractivity (Wildman–Crippen MR) is 108 cm³/mol. The van der Waals surface area contributed by atoms with Crippen LogP contribution in [0.4, 0.5) is 11.5 Å². The number of allylic oxidation sites excluding steroid dienone is 1. The van der Waals surface area contributed by atoms with Gasteiger partial charge in [0.25, 0.3) is 11.6 Å². The van der Waals surface area contributed by atoms with Gasteiger partial charge in [0.15, 0.2) is 5.76 Å². The van der Waals surface area contributed by atoms with Crippen LogP contribution in [-0.4, -0.2) is 53.5 Å². The zero-order valence-electron chi connectivity index (χ0n) is 16.8. The Kier molecular flexibility index (Phi) is 7.97. The quantitative estimate of drug-likeness (QED) is 0.265. The molecule has 0 saturated heterocycles. The minimum absolute atomic E-state index is 0.0754. The number of ether oxygens (including phenoxy) is 2. The minimum Gasteiger partial charge on any atom is -0.459 e. The van der Waals surface area contributed by atoms with Crippen LogP contribution in [0.25, 0.3) is 0 Å². The SMILES string of the molecule is O=C(NCCNc1ccc([N+](=O)[O-])cn1)C1=C[C@@H](C2CC2)C[C@@H](OCCCCO)O1. The Hall–Kier alpha value is -2.72.